The van der Waals surface area contributed by atoms with E-state index in [1.165, 1.54) is 32.1 Å². The molecule has 88 valence electrons. The Morgan fingerprint density at radius 3 is 2.81 bits per heavy atom. The van der Waals surface area contributed by atoms with E-state index in [9.17, 15) is 0 Å². The highest BCUT2D eigenvalue weighted by Gasteiger charge is 2.17. The van der Waals surface area contributed by atoms with Crippen LogP contribution in [-0.4, -0.2) is 23.6 Å². The van der Waals surface area contributed by atoms with Crippen molar-refractivity contribution in [1.82, 2.24) is 9.97 Å². The van der Waals surface area contributed by atoms with Crippen molar-refractivity contribution in [2.24, 2.45) is 5.92 Å². The molecule has 1 aromatic rings. The van der Waals surface area contributed by atoms with Crippen molar-refractivity contribution in [2.45, 2.75) is 32.1 Å². The molecule has 0 saturated heterocycles. The molecular formula is C12H18BrN3. The number of nitrogens with zero attached hydrogens (tertiary/aromatic N) is 3. The quantitative estimate of drug-likeness (QED) is 0.853. The summed E-state index contributed by atoms with van der Waals surface area (Å²) in [6.07, 6.45) is 10.3. The lowest BCUT2D eigenvalue weighted by atomic mass is 9.89. The molecule has 1 aromatic heterocycles. The molecule has 2 rings (SSSR count). The van der Waals surface area contributed by atoms with E-state index >= 15 is 0 Å². The lowest BCUT2D eigenvalue weighted by molar-refractivity contribution is 0.361. The van der Waals surface area contributed by atoms with E-state index in [4.69, 9.17) is 0 Å². The van der Waals surface area contributed by atoms with Gasteiger partial charge in [0.1, 0.15) is 12.1 Å². The summed E-state index contributed by atoms with van der Waals surface area (Å²) < 4.78 is 0.980. The molecule has 1 aliphatic rings. The molecule has 0 aliphatic heterocycles. The van der Waals surface area contributed by atoms with Gasteiger partial charge in [-0.05, 0) is 34.7 Å². The van der Waals surface area contributed by atoms with Crippen molar-refractivity contribution in [3.05, 3.63) is 17.0 Å². The minimum atomic E-state index is 0.834. The van der Waals surface area contributed by atoms with Crippen LogP contribution in [0.4, 0.5) is 5.82 Å². The van der Waals surface area contributed by atoms with Crippen molar-refractivity contribution in [2.75, 3.05) is 18.5 Å². The lowest BCUT2D eigenvalue weighted by Crippen LogP contribution is -2.27. The molecule has 0 unspecified atom stereocenters. The van der Waals surface area contributed by atoms with Crippen LogP contribution in [0.3, 0.4) is 0 Å². The van der Waals surface area contributed by atoms with Gasteiger partial charge in [0.2, 0.25) is 0 Å². The Hall–Kier alpha value is -0.640. The highest BCUT2D eigenvalue weighted by molar-refractivity contribution is 9.10. The van der Waals surface area contributed by atoms with Crippen molar-refractivity contribution in [3.63, 3.8) is 0 Å². The zero-order valence-corrected chi connectivity index (χ0v) is 11.3. The third-order valence-electron chi connectivity index (χ3n) is 3.27. The molecule has 3 nitrogen and oxygen atoms in total. The predicted molar refractivity (Wildman–Crippen MR) is 69.6 cm³/mol. The molecule has 4 heteroatoms. The predicted octanol–water partition coefficient (Wildman–Crippen LogP) is 3.26. The molecule has 0 amide bonds. The molecule has 0 spiro atoms. The average Bonchev–Trinajstić information content (AvgIpc) is 2.31. The number of aromatic nitrogens is 2. The van der Waals surface area contributed by atoms with E-state index in [1.54, 1.807) is 12.5 Å². The maximum absolute atomic E-state index is 4.31. The second-order valence-corrected chi connectivity index (χ2v) is 5.43. The molecule has 1 saturated carbocycles. The Labute approximate surface area is 105 Å². The van der Waals surface area contributed by atoms with Gasteiger partial charge in [-0.2, -0.15) is 0 Å². The van der Waals surface area contributed by atoms with Gasteiger partial charge in [0, 0.05) is 19.8 Å². The zero-order chi connectivity index (χ0) is 11.4. The Bertz CT molecular complexity index is 337. The minimum Gasteiger partial charge on any atom is -0.358 e. The summed E-state index contributed by atoms with van der Waals surface area (Å²) in [5, 5.41) is 0. The standard InChI is InChI=1S/C12H18BrN3/c1-16(8-10-5-3-2-4-6-10)12-11(13)7-14-9-15-12/h7,9-10H,2-6,8H2,1H3. The van der Waals surface area contributed by atoms with Gasteiger partial charge in [0.25, 0.3) is 0 Å². The van der Waals surface area contributed by atoms with Crippen molar-refractivity contribution in [1.29, 1.82) is 0 Å². The summed E-state index contributed by atoms with van der Waals surface area (Å²) in [4.78, 5) is 10.5. The SMILES string of the molecule is CN(CC1CCCCC1)c1ncncc1Br. The lowest BCUT2D eigenvalue weighted by Gasteiger charge is -2.28. The fourth-order valence-electron chi connectivity index (χ4n) is 2.43. The third-order valence-corrected chi connectivity index (χ3v) is 3.83. The van der Waals surface area contributed by atoms with Crippen LogP contribution in [0.25, 0.3) is 0 Å². The first-order valence-corrected chi connectivity index (χ1v) is 6.73. The Morgan fingerprint density at radius 2 is 2.12 bits per heavy atom. The normalized spacial score (nSPS) is 17.4. The summed E-state index contributed by atoms with van der Waals surface area (Å²) >= 11 is 3.50. The molecule has 1 fully saturated rings. The van der Waals surface area contributed by atoms with Crippen molar-refractivity contribution >= 4 is 21.7 Å². The van der Waals surface area contributed by atoms with Crippen LogP contribution < -0.4 is 4.90 Å². The maximum Gasteiger partial charge on any atom is 0.146 e. The van der Waals surface area contributed by atoms with Gasteiger partial charge in [-0.3, -0.25) is 0 Å². The van der Waals surface area contributed by atoms with Crippen LogP contribution in [0.15, 0.2) is 17.0 Å². The van der Waals surface area contributed by atoms with Crippen molar-refractivity contribution < 1.29 is 0 Å². The molecule has 16 heavy (non-hydrogen) atoms. The van der Waals surface area contributed by atoms with Crippen LogP contribution in [0.2, 0.25) is 0 Å². The molecule has 1 heterocycles. The van der Waals surface area contributed by atoms with E-state index < -0.39 is 0 Å². The van der Waals surface area contributed by atoms with Crippen LogP contribution in [0.5, 0.6) is 0 Å². The number of hydrogen-bond acceptors (Lipinski definition) is 3. The topological polar surface area (TPSA) is 29.0 Å². The molecule has 0 aromatic carbocycles. The Balaban J connectivity index is 1.96. The maximum atomic E-state index is 4.31. The first kappa shape index (κ1) is 11.8. The molecule has 0 radical (unpaired) electrons. The fraction of sp³-hybridized carbons (Fsp3) is 0.667. The number of hydrogen-bond donors (Lipinski definition) is 0. The average molecular weight is 284 g/mol. The zero-order valence-electron chi connectivity index (χ0n) is 9.69. The summed E-state index contributed by atoms with van der Waals surface area (Å²) in [6, 6.07) is 0. The van der Waals surface area contributed by atoms with Crippen LogP contribution >= 0.6 is 15.9 Å². The molecule has 0 atom stereocenters. The fourth-order valence-corrected chi connectivity index (χ4v) is 2.95. The number of rotatable bonds is 3. The van der Waals surface area contributed by atoms with Crippen molar-refractivity contribution in [3.8, 4) is 0 Å². The van der Waals surface area contributed by atoms with Gasteiger partial charge < -0.3 is 4.90 Å². The van der Waals surface area contributed by atoms with Gasteiger partial charge in [-0.15, -0.1) is 0 Å². The second kappa shape index (κ2) is 5.62. The Morgan fingerprint density at radius 1 is 1.38 bits per heavy atom. The second-order valence-electron chi connectivity index (χ2n) is 4.58. The van der Waals surface area contributed by atoms with Gasteiger partial charge >= 0.3 is 0 Å². The highest BCUT2D eigenvalue weighted by atomic mass is 79.9. The number of anilines is 1. The van der Waals surface area contributed by atoms with Gasteiger partial charge in [-0.25, -0.2) is 9.97 Å². The smallest absolute Gasteiger partial charge is 0.146 e. The van der Waals surface area contributed by atoms with E-state index in [0.717, 1.165) is 22.8 Å². The third kappa shape index (κ3) is 2.94. The van der Waals surface area contributed by atoms with E-state index in [0.29, 0.717) is 0 Å². The van der Waals surface area contributed by atoms with Gasteiger partial charge in [0.15, 0.2) is 0 Å². The van der Waals surface area contributed by atoms with Crippen LogP contribution in [0, 0.1) is 5.92 Å². The molecule has 1 aliphatic carbocycles. The van der Waals surface area contributed by atoms with Crippen LogP contribution in [0.1, 0.15) is 32.1 Å². The first-order chi connectivity index (χ1) is 7.77. The summed E-state index contributed by atoms with van der Waals surface area (Å²) in [7, 11) is 2.11. The highest BCUT2D eigenvalue weighted by Crippen LogP contribution is 2.27. The molecule has 0 bridgehead atoms. The monoisotopic (exact) mass is 283 g/mol. The summed E-state index contributed by atoms with van der Waals surface area (Å²) in [5.41, 5.74) is 0. The minimum absolute atomic E-state index is 0.834. The largest absolute Gasteiger partial charge is 0.358 e. The summed E-state index contributed by atoms with van der Waals surface area (Å²) in [5.74, 6) is 1.83. The van der Waals surface area contributed by atoms with E-state index in [-0.39, 0.29) is 0 Å². The van der Waals surface area contributed by atoms with Gasteiger partial charge in [-0.1, -0.05) is 19.3 Å². The van der Waals surface area contributed by atoms with E-state index in [1.807, 2.05) is 0 Å². The molecule has 0 N–H and O–H groups in total. The molecular weight excluding hydrogens is 266 g/mol. The van der Waals surface area contributed by atoms with Crippen LogP contribution in [-0.2, 0) is 0 Å². The summed E-state index contributed by atoms with van der Waals surface area (Å²) in [6.45, 7) is 1.11. The Kier molecular flexibility index (Phi) is 4.16. The van der Waals surface area contributed by atoms with E-state index in [2.05, 4.69) is 37.8 Å². The van der Waals surface area contributed by atoms with Gasteiger partial charge in [0.05, 0.1) is 4.47 Å². The number of halogens is 1. The first-order valence-electron chi connectivity index (χ1n) is 5.94.